The molecule has 2 aromatic rings. The van der Waals surface area contributed by atoms with E-state index in [0.29, 0.717) is 12.5 Å². The number of hydrogen-bond donors (Lipinski definition) is 1. The molecule has 1 aliphatic heterocycles. The van der Waals surface area contributed by atoms with Gasteiger partial charge in [0, 0.05) is 56.1 Å². The average molecular weight is 575 g/mol. The Kier molecular flexibility index (Phi) is 9.19. The zero-order valence-electron chi connectivity index (χ0n) is 24.3. The van der Waals surface area contributed by atoms with E-state index in [0.717, 1.165) is 63.7 Å². The first kappa shape index (κ1) is 30.7. The van der Waals surface area contributed by atoms with E-state index in [1.807, 2.05) is 11.9 Å². The molecule has 1 amide bonds. The van der Waals surface area contributed by atoms with Crippen LogP contribution >= 0.6 is 0 Å². The summed E-state index contributed by atoms with van der Waals surface area (Å²) in [5.74, 6) is 0.553. The van der Waals surface area contributed by atoms with Crippen LogP contribution in [0, 0.1) is 22.0 Å². The van der Waals surface area contributed by atoms with E-state index in [2.05, 4.69) is 55.3 Å². The molecule has 1 N–H and O–H groups in total. The fourth-order valence-electron chi connectivity index (χ4n) is 6.08. The van der Waals surface area contributed by atoms with Gasteiger partial charge in [0.15, 0.2) is 0 Å². The summed E-state index contributed by atoms with van der Waals surface area (Å²) in [5.41, 5.74) is 0.665. The van der Waals surface area contributed by atoms with E-state index in [-0.39, 0.29) is 29.0 Å². The van der Waals surface area contributed by atoms with Crippen molar-refractivity contribution in [1.82, 2.24) is 4.90 Å². The highest BCUT2D eigenvalue weighted by Gasteiger charge is 2.38. The molecule has 2 aliphatic rings. The third kappa shape index (κ3) is 7.71. The van der Waals surface area contributed by atoms with Gasteiger partial charge in [0.05, 0.1) is 4.92 Å². The van der Waals surface area contributed by atoms with Crippen molar-refractivity contribution in [2.24, 2.45) is 11.8 Å². The maximum atomic E-state index is 13.3. The summed E-state index contributed by atoms with van der Waals surface area (Å²) >= 11 is 0. The number of benzene rings is 2. The first-order valence-corrected chi connectivity index (χ1v) is 14.4. The van der Waals surface area contributed by atoms with Crippen molar-refractivity contribution in [3.8, 4) is 0 Å². The average Bonchev–Trinajstić information content (AvgIpc) is 2.93. The zero-order chi connectivity index (χ0) is 29.9. The highest BCUT2D eigenvalue weighted by Crippen LogP contribution is 2.38. The third-order valence-electron chi connectivity index (χ3n) is 8.57. The monoisotopic (exact) mass is 574 g/mol. The number of carbonyl (C=O) groups is 1. The molecule has 7 nitrogen and oxygen atoms in total. The first-order chi connectivity index (χ1) is 19.2. The molecule has 0 spiro atoms. The van der Waals surface area contributed by atoms with Crippen molar-refractivity contribution in [2.45, 2.75) is 76.9 Å². The van der Waals surface area contributed by atoms with Gasteiger partial charge < -0.3 is 15.1 Å². The molecule has 1 saturated carbocycles. The lowest BCUT2D eigenvalue weighted by atomic mass is 9.85. The molecule has 224 valence electrons. The number of amides is 1. The van der Waals surface area contributed by atoms with E-state index < -0.39 is 22.4 Å². The van der Waals surface area contributed by atoms with E-state index in [1.165, 1.54) is 17.3 Å². The molecule has 2 fully saturated rings. The van der Waals surface area contributed by atoms with Crippen LogP contribution in [-0.4, -0.2) is 48.5 Å². The minimum absolute atomic E-state index is 0.0170. The summed E-state index contributed by atoms with van der Waals surface area (Å²) < 4.78 is 40.0. The largest absolute Gasteiger partial charge is 0.423 e. The number of hydrogen-bond acceptors (Lipinski definition) is 5. The quantitative estimate of drug-likeness (QED) is 0.278. The molecule has 0 unspecified atom stereocenters. The van der Waals surface area contributed by atoms with Crippen molar-refractivity contribution >= 4 is 23.0 Å². The Morgan fingerprint density at radius 1 is 1.00 bits per heavy atom. The number of halogens is 3. The predicted molar refractivity (Wildman–Crippen MR) is 155 cm³/mol. The van der Waals surface area contributed by atoms with Crippen LogP contribution in [0.15, 0.2) is 42.5 Å². The smallest absolute Gasteiger partial charge is 0.382 e. The molecular formula is C31H41F3N4O3. The van der Waals surface area contributed by atoms with Gasteiger partial charge in [-0.25, -0.2) is 0 Å². The fourth-order valence-corrected chi connectivity index (χ4v) is 6.08. The normalized spacial score (nSPS) is 20.5. The van der Waals surface area contributed by atoms with Crippen molar-refractivity contribution < 1.29 is 22.9 Å². The van der Waals surface area contributed by atoms with Crippen LogP contribution in [0.4, 0.5) is 30.2 Å². The maximum Gasteiger partial charge on any atom is 0.423 e. The molecule has 4 rings (SSSR count). The van der Waals surface area contributed by atoms with Crippen molar-refractivity contribution in [1.29, 1.82) is 0 Å². The standard InChI is InChI=1S/C31H41F3N4O3/c1-30(2,3)23-7-12-26(13-8-23)37-17-15-22(16-18-37)29(39)36(4)20-21-5-9-24(10-6-21)35-25-11-14-28(38(40)41)27(19-25)31(32,33)34/h7-8,11-14,19,21-22,24,35H,5-6,9-10,15-18,20H2,1-4H3/t21-,24-. The lowest BCUT2D eigenvalue weighted by molar-refractivity contribution is -0.388. The van der Waals surface area contributed by atoms with E-state index in [9.17, 15) is 28.1 Å². The zero-order valence-corrected chi connectivity index (χ0v) is 24.3. The van der Waals surface area contributed by atoms with Crippen LogP contribution in [0.3, 0.4) is 0 Å². The van der Waals surface area contributed by atoms with Gasteiger partial charge >= 0.3 is 6.18 Å². The Hall–Kier alpha value is -3.30. The lowest BCUT2D eigenvalue weighted by Crippen LogP contribution is -2.43. The van der Waals surface area contributed by atoms with Gasteiger partial charge in [-0.2, -0.15) is 13.2 Å². The summed E-state index contributed by atoms with van der Waals surface area (Å²) in [6, 6.07) is 11.8. The predicted octanol–water partition coefficient (Wildman–Crippen LogP) is 7.26. The molecule has 0 bridgehead atoms. The Balaban J connectivity index is 1.23. The van der Waals surface area contributed by atoms with Crippen molar-refractivity contribution in [2.75, 3.05) is 36.9 Å². The van der Waals surface area contributed by atoms with Gasteiger partial charge in [-0.3, -0.25) is 14.9 Å². The Bertz CT molecular complexity index is 1210. The van der Waals surface area contributed by atoms with Crippen LogP contribution in [0.5, 0.6) is 0 Å². The van der Waals surface area contributed by atoms with Crippen LogP contribution in [-0.2, 0) is 16.4 Å². The van der Waals surface area contributed by atoms with E-state index in [4.69, 9.17) is 0 Å². The summed E-state index contributed by atoms with van der Waals surface area (Å²) in [6.45, 7) is 9.00. The molecule has 2 aromatic carbocycles. The number of nitro benzene ring substituents is 1. The topological polar surface area (TPSA) is 78.7 Å². The molecule has 0 aromatic heterocycles. The highest BCUT2D eigenvalue weighted by atomic mass is 19.4. The molecule has 0 radical (unpaired) electrons. The Morgan fingerprint density at radius 2 is 1.61 bits per heavy atom. The van der Waals surface area contributed by atoms with Crippen LogP contribution in [0.25, 0.3) is 0 Å². The van der Waals surface area contributed by atoms with Gasteiger partial charge in [0.25, 0.3) is 5.69 Å². The Morgan fingerprint density at radius 3 is 2.15 bits per heavy atom. The highest BCUT2D eigenvalue weighted by molar-refractivity contribution is 5.79. The van der Waals surface area contributed by atoms with E-state index >= 15 is 0 Å². The van der Waals surface area contributed by atoms with Gasteiger partial charge in [-0.1, -0.05) is 32.9 Å². The summed E-state index contributed by atoms with van der Waals surface area (Å²) in [7, 11) is 1.87. The number of alkyl halides is 3. The first-order valence-electron chi connectivity index (χ1n) is 14.4. The second-order valence-corrected chi connectivity index (χ2v) is 12.6. The number of carbonyl (C=O) groups excluding carboxylic acids is 1. The molecule has 1 aliphatic carbocycles. The molecule has 1 heterocycles. The van der Waals surface area contributed by atoms with Gasteiger partial charge in [0.1, 0.15) is 5.56 Å². The van der Waals surface area contributed by atoms with E-state index in [1.54, 1.807) is 0 Å². The second kappa shape index (κ2) is 12.3. The van der Waals surface area contributed by atoms with Crippen LogP contribution in [0.1, 0.15) is 70.4 Å². The number of anilines is 2. The van der Waals surface area contributed by atoms with Crippen LogP contribution < -0.4 is 10.2 Å². The lowest BCUT2D eigenvalue weighted by Gasteiger charge is -2.36. The summed E-state index contributed by atoms with van der Waals surface area (Å²) in [6.07, 6.45) is 0.0961. The van der Waals surface area contributed by atoms with Crippen molar-refractivity contribution in [3.05, 3.63) is 63.7 Å². The molecule has 0 atom stereocenters. The molecule has 1 saturated heterocycles. The number of piperidine rings is 1. The molecular weight excluding hydrogens is 533 g/mol. The van der Waals surface area contributed by atoms with Crippen LogP contribution in [0.2, 0.25) is 0 Å². The summed E-state index contributed by atoms with van der Waals surface area (Å²) in [5, 5.41) is 14.1. The number of nitrogens with zero attached hydrogens (tertiary/aromatic N) is 3. The second-order valence-electron chi connectivity index (χ2n) is 12.6. The third-order valence-corrected chi connectivity index (χ3v) is 8.57. The number of nitrogens with one attached hydrogen (secondary N) is 1. The SMILES string of the molecule is CN(C[C@H]1CC[C@H](Nc2ccc([N+](=O)[O-])c(C(F)(F)F)c2)CC1)C(=O)C1CCN(c2ccc(C(C)(C)C)cc2)CC1. The number of nitro groups is 1. The molecule has 41 heavy (non-hydrogen) atoms. The minimum Gasteiger partial charge on any atom is -0.382 e. The maximum absolute atomic E-state index is 13.3. The minimum atomic E-state index is -4.80. The summed E-state index contributed by atoms with van der Waals surface area (Å²) in [4.78, 5) is 27.4. The van der Waals surface area contributed by atoms with Gasteiger partial charge in [0.2, 0.25) is 5.91 Å². The molecule has 10 heteroatoms. The van der Waals surface area contributed by atoms with Crippen molar-refractivity contribution in [3.63, 3.8) is 0 Å². The van der Waals surface area contributed by atoms with Gasteiger partial charge in [-0.05, 0) is 79.7 Å². The Labute approximate surface area is 240 Å². The number of rotatable bonds is 7. The fraction of sp³-hybridized carbons (Fsp3) is 0.581. The van der Waals surface area contributed by atoms with Gasteiger partial charge in [-0.15, -0.1) is 0 Å².